The van der Waals surface area contributed by atoms with Crippen molar-refractivity contribution in [2.45, 2.75) is 53.1 Å². The van der Waals surface area contributed by atoms with E-state index >= 15 is 0 Å². The molecule has 0 aliphatic carbocycles. The minimum atomic E-state index is 0.550. The second-order valence-electron chi connectivity index (χ2n) is 4.60. The van der Waals surface area contributed by atoms with Crippen LogP contribution >= 0.6 is 0 Å². The Kier molecular flexibility index (Phi) is 6.06. The number of aryl methyl sites for hydroxylation is 1. The Labute approximate surface area is 105 Å². The maximum absolute atomic E-state index is 5.84. The molecule has 0 aromatic heterocycles. The molecule has 0 fully saturated rings. The molecule has 0 saturated heterocycles. The fourth-order valence-corrected chi connectivity index (χ4v) is 1.69. The zero-order valence-corrected chi connectivity index (χ0v) is 11.5. The molecule has 0 amide bonds. The second-order valence-corrected chi connectivity index (χ2v) is 4.60. The second kappa shape index (κ2) is 7.33. The molecule has 1 N–H and O–H groups in total. The van der Waals surface area contributed by atoms with Gasteiger partial charge in [0.05, 0.1) is 6.61 Å². The Morgan fingerprint density at radius 1 is 1.29 bits per heavy atom. The first kappa shape index (κ1) is 14.0. The lowest BCUT2D eigenvalue weighted by Gasteiger charge is -2.16. The predicted octanol–water partition coefficient (Wildman–Crippen LogP) is 3.67. The first-order chi connectivity index (χ1) is 8.19. The van der Waals surface area contributed by atoms with Crippen LogP contribution in [0.4, 0.5) is 0 Å². The number of hydrogen-bond donors (Lipinski definition) is 1. The van der Waals surface area contributed by atoms with Gasteiger partial charge >= 0.3 is 0 Å². The van der Waals surface area contributed by atoms with Gasteiger partial charge in [-0.2, -0.15) is 0 Å². The minimum Gasteiger partial charge on any atom is -0.493 e. The molecule has 0 heterocycles. The molecule has 0 bridgehead atoms. The van der Waals surface area contributed by atoms with E-state index in [-0.39, 0.29) is 0 Å². The van der Waals surface area contributed by atoms with Crippen molar-refractivity contribution in [3.63, 3.8) is 0 Å². The van der Waals surface area contributed by atoms with Crippen LogP contribution in [0.15, 0.2) is 18.2 Å². The third-order valence-corrected chi connectivity index (χ3v) is 3.00. The molecule has 0 spiro atoms. The monoisotopic (exact) mass is 235 g/mol. The van der Waals surface area contributed by atoms with Gasteiger partial charge in [-0.05, 0) is 32.3 Å². The van der Waals surface area contributed by atoms with Gasteiger partial charge < -0.3 is 10.1 Å². The van der Waals surface area contributed by atoms with E-state index < -0.39 is 0 Å². The van der Waals surface area contributed by atoms with E-state index in [2.05, 4.69) is 51.2 Å². The molecule has 0 unspecified atom stereocenters. The standard InChI is InChI=1S/C15H25NO/c1-5-10-17-15-12(3)8-7-9-14(15)11-16-13(4)6-2/h7-9,13,16H,5-6,10-11H2,1-4H3/t13-/m1/s1. The molecule has 2 heteroatoms. The topological polar surface area (TPSA) is 21.3 Å². The quantitative estimate of drug-likeness (QED) is 0.778. The molecule has 0 saturated carbocycles. The van der Waals surface area contributed by atoms with E-state index in [1.165, 1.54) is 11.1 Å². The Balaban J connectivity index is 2.72. The number of para-hydroxylation sites is 1. The van der Waals surface area contributed by atoms with Crippen molar-refractivity contribution in [3.05, 3.63) is 29.3 Å². The van der Waals surface area contributed by atoms with Crippen LogP contribution in [0, 0.1) is 6.92 Å². The molecule has 1 aromatic rings. The van der Waals surface area contributed by atoms with Gasteiger partial charge in [0.15, 0.2) is 0 Å². The van der Waals surface area contributed by atoms with Crippen molar-refractivity contribution in [2.24, 2.45) is 0 Å². The molecule has 1 aromatic carbocycles. The summed E-state index contributed by atoms with van der Waals surface area (Å²) in [5, 5.41) is 3.51. The number of nitrogens with one attached hydrogen (secondary N) is 1. The van der Waals surface area contributed by atoms with E-state index in [1.54, 1.807) is 0 Å². The van der Waals surface area contributed by atoms with Gasteiger partial charge in [-0.1, -0.05) is 32.0 Å². The molecule has 96 valence electrons. The average molecular weight is 235 g/mol. The summed E-state index contributed by atoms with van der Waals surface area (Å²) in [6.45, 7) is 10.3. The summed E-state index contributed by atoms with van der Waals surface area (Å²) in [5.74, 6) is 1.06. The number of benzene rings is 1. The van der Waals surface area contributed by atoms with Crippen molar-refractivity contribution >= 4 is 0 Å². The Hall–Kier alpha value is -1.02. The first-order valence-electron chi connectivity index (χ1n) is 6.63. The number of rotatable bonds is 7. The molecular formula is C15H25NO. The predicted molar refractivity (Wildman–Crippen MR) is 73.6 cm³/mol. The van der Waals surface area contributed by atoms with Crippen LogP contribution in [0.5, 0.6) is 5.75 Å². The zero-order chi connectivity index (χ0) is 12.7. The van der Waals surface area contributed by atoms with Crippen molar-refractivity contribution in [2.75, 3.05) is 6.61 Å². The van der Waals surface area contributed by atoms with Gasteiger partial charge in [0, 0.05) is 18.2 Å². The summed E-state index contributed by atoms with van der Waals surface area (Å²) in [4.78, 5) is 0. The fourth-order valence-electron chi connectivity index (χ4n) is 1.69. The van der Waals surface area contributed by atoms with Crippen molar-refractivity contribution in [3.8, 4) is 5.75 Å². The smallest absolute Gasteiger partial charge is 0.126 e. The maximum atomic E-state index is 5.84. The van der Waals surface area contributed by atoms with Crippen LogP contribution < -0.4 is 10.1 Å². The lowest BCUT2D eigenvalue weighted by Crippen LogP contribution is -2.24. The third kappa shape index (κ3) is 4.39. The highest BCUT2D eigenvalue weighted by molar-refractivity contribution is 5.40. The highest BCUT2D eigenvalue weighted by atomic mass is 16.5. The maximum Gasteiger partial charge on any atom is 0.126 e. The highest BCUT2D eigenvalue weighted by Crippen LogP contribution is 2.23. The summed E-state index contributed by atoms with van der Waals surface area (Å²) >= 11 is 0. The molecule has 1 rings (SSSR count). The van der Waals surface area contributed by atoms with Crippen LogP contribution in [-0.2, 0) is 6.54 Å². The molecule has 0 radical (unpaired) electrons. The average Bonchev–Trinajstić information content (AvgIpc) is 2.34. The van der Waals surface area contributed by atoms with Crippen LogP contribution in [0.3, 0.4) is 0 Å². The fraction of sp³-hybridized carbons (Fsp3) is 0.600. The lowest BCUT2D eigenvalue weighted by atomic mass is 10.1. The van der Waals surface area contributed by atoms with E-state index in [1.807, 2.05) is 0 Å². The van der Waals surface area contributed by atoms with Crippen molar-refractivity contribution in [1.82, 2.24) is 5.32 Å². The van der Waals surface area contributed by atoms with E-state index in [4.69, 9.17) is 4.74 Å². The molecule has 0 aliphatic rings. The van der Waals surface area contributed by atoms with Crippen LogP contribution in [-0.4, -0.2) is 12.6 Å². The van der Waals surface area contributed by atoms with E-state index in [0.717, 1.165) is 31.7 Å². The summed E-state index contributed by atoms with van der Waals surface area (Å²) in [7, 11) is 0. The highest BCUT2D eigenvalue weighted by Gasteiger charge is 2.07. The van der Waals surface area contributed by atoms with Crippen molar-refractivity contribution in [1.29, 1.82) is 0 Å². The van der Waals surface area contributed by atoms with Gasteiger partial charge in [0.25, 0.3) is 0 Å². The number of ether oxygens (including phenoxy) is 1. The van der Waals surface area contributed by atoms with Crippen LogP contribution in [0.1, 0.15) is 44.7 Å². The number of hydrogen-bond acceptors (Lipinski definition) is 2. The normalized spacial score (nSPS) is 12.5. The van der Waals surface area contributed by atoms with E-state index in [0.29, 0.717) is 6.04 Å². The molecule has 0 aliphatic heterocycles. The molecular weight excluding hydrogens is 210 g/mol. The Morgan fingerprint density at radius 2 is 2.06 bits per heavy atom. The summed E-state index contributed by atoms with van der Waals surface area (Å²) < 4.78 is 5.84. The van der Waals surface area contributed by atoms with Gasteiger partial charge in [0.1, 0.15) is 5.75 Å². The first-order valence-corrected chi connectivity index (χ1v) is 6.63. The molecule has 2 nitrogen and oxygen atoms in total. The Bertz CT molecular complexity index is 336. The molecule has 17 heavy (non-hydrogen) atoms. The van der Waals surface area contributed by atoms with Crippen molar-refractivity contribution < 1.29 is 4.74 Å². The zero-order valence-electron chi connectivity index (χ0n) is 11.5. The lowest BCUT2D eigenvalue weighted by molar-refractivity contribution is 0.310. The van der Waals surface area contributed by atoms with Crippen LogP contribution in [0.2, 0.25) is 0 Å². The van der Waals surface area contributed by atoms with Gasteiger partial charge in [-0.15, -0.1) is 0 Å². The minimum absolute atomic E-state index is 0.550. The molecule has 1 atom stereocenters. The van der Waals surface area contributed by atoms with Gasteiger partial charge in [0.2, 0.25) is 0 Å². The Morgan fingerprint density at radius 3 is 2.71 bits per heavy atom. The van der Waals surface area contributed by atoms with Gasteiger partial charge in [-0.3, -0.25) is 0 Å². The third-order valence-electron chi connectivity index (χ3n) is 3.00. The summed E-state index contributed by atoms with van der Waals surface area (Å²) in [6.07, 6.45) is 2.20. The van der Waals surface area contributed by atoms with Gasteiger partial charge in [-0.25, -0.2) is 0 Å². The summed E-state index contributed by atoms with van der Waals surface area (Å²) in [6, 6.07) is 6.90. The van der Waals surface area contributed by atoms with E-state index in [9.17, 15) is 0 Å². The SMILES string of the molecule is CCCOc1c(C)cccc1CN[C@H](C)CC. The van der Waals surface area contributed by atoms with Crippen LogP contribution in [0.25, 0.3) is 0 Å². The summed E-state index contributed by atoms with van der Waals surface area (Å²) in [5.41, 5.74) is 2.49. The largest absolute Gasteiger partial charge is 0.493 e.